The normalized spacial score (nSPS) is 11.7. The van der Waals surface area contributed by atoms with E-state index >= 15 is 0 Å². The number of hydrogen-bond donors (Lipinski definition) is 1. The van der Waals surface area contributed by atoms with Crippen LogP contribution in [0.5, 0.6) is 0 Å². The molecule has 0 amide bonds. The first-order valence-electron chi connectivity index (χ1n) is 7.07. The van der Waals surface area contributed by atoms with E-state index in [2.05, 4.69) is 19.2 Å². The molecule has 0 aliphatic rings. The van der Waals surface area contributed by atoms with E-state index in [4.69, 9.17) is 5.26 Å². The number of nitrogens with zero attached hydrogens (tertiary/aromatic N) is 2. The van der Waals surface area contributed by atoms with Gasteiger partial charge in [-0.25, -0.2) is 0 Å². The van der Waals surface area contributed by atoms with Crippen LogP contribution in [0.3, 0.4) is 0 Å². The van der Waals surface area contributed by atoms with Crippen LogP contribution in [0.2, 0.25) is 0 Å². The Morgan fingerprint density at radius 3 is 2.65 bits per heavy atom. The van der Waals surface area contributed by atoms with Gasteiger partial charge in [-0.15, -0.1) is 0 Å². The molecule has 1 N–H and O–H groups in total. The number of nitro groups is 1. The smallest absolute Gasteiger partial charge is 0.270 e. The lowest BCUT2D eigenvalue weighted by Gasteiger charge is -2.19. The van der Waals surface area contributed by atoms with Crippen molar-refractivity contribution in [3.8, 4) is 6.07 Å². The molecule has 0 spiro atoms. The molecule has 1 atom stereocenters. The third kappa shape index (κ3) is 4.54. The topological polar surface area (TPSA) is 79.0 Å². The van der Waals surface area contributed by atoms with Crippen LogP contribution in [0.1, 0.15) is 51.5 Å². The highest BCUT2D eigenvalue weighted by Crippen LogP contribution is 2.23. The molecule has 0 saturated carbocycles. The number of rotatable bonds is 8. The van der Waals surface area contributed by atoms with Crippen molar-refractivity contribution in [3.05, 3.63) is 33.9 Å². The fourth-order valence-corrected chi connectivity index (χ4v) is 2.17. The highest BCUT2D eigenvalue weighted by molar-refractivity contribution is 5.61. The molecule has 108 valence electrons. The molecule has 1 aromatic carbocycles. The summed E-state index contributed by atoms with van der Waals surface area (Å²) in [5.41, 5.74) is 0.970. The summed E-state index contributed by atoms with van der Waals surface area (Å²) in [6, 6.07) is 6.73. The Hall–Kier alpha value is -2.09. The van der Waals surface area contributed by atoms with Gasteiger partial charge in [0, 0.05) is 18.2 Å². The van der Waals surface area contributed by atoms with Crippen molar-refractivity contribution in [3.63, 3.8) is 0 Å². The molecule has 0 radical (unpaired) electrons. The van der Waals surface area contributed by atoms with E-state index < -0.39 is 4.92 Å². The van der Waals surface area contributed by atoms with E-state index in [1.165, 1.54) is 12.1 Å². The van der Waals surface area contributed by atoms with Crippen molar-refractivity contribution in [1.29, 1.82) is 5.26 Å². The Balaban J connectivity index is 2.89. The molecule has 0 fully saturated rings. The van der Waals surface area contributed by atoms with Crippen LogP contribution in [-0.2, 0) is 0 Å². The quantitative estimate of drug-likeness (QED) is 0.568. The number of benzene rings is 1. The van der Waals surface area contributed by atoms with Crippen LogP contribution in [0.15, 0.2) is 18.2 Å². The summed E-state index contributed by atoms with van der Waals surface area (Å²) in [5.74, 6) is 0. The van der Waals surface area contributed by atoms with Gasteiger partial charge in [-0.1, -0.05) is 33.1 Å². The predicted octanol–water partition coefficient (Wildman–Crippen LogP) is 4.24. The number of hydrogen-bond acceptors (Lipinski definition) is 4. The van der Waals surface area contributed by atoms with Crippen molar-refractivity contribution in [2.24, 2.45) is 0 Å². The average Bonchev–Trinajstić information content (AvgIpc) is 2.45. The molecule has 20 heavy (non-hydrogen) atoms. The van der Waals surface area contributed by atoms with E-state index in [0.29, 0.717) is 17.3 Å². The van der Waals surface area contributed by atoms with Crippen molar-refractivity contribution < 1.29 is 4.92 Å². The van der Waals surface area contributed by atoms with Crippen LogP contribution in [0.4, 0.5) is 11.4 Å². The fraction of sp³-hybridized carbons (Fsp3) is 0.533. The van der Waals surface area contributed by atoms with E-state index in [9.17, 15) is 10.1 Å². The van der Waals surface area contributed by atoms with E-state index in [1.54, 1.807) is 6.07 Å². The van der Waals surface area contributed by atoms with Crippen molar-refractivity contribution >= 4 is 11.4 Å². The predicted molar refractivity (Wildman–Crippen MR) is 79.7 cm³/mol. The first-order valence-corrected chi connectivity index (χ1v) is 7.07. The third-order valence-corrected chi connectivity index (χ3v) is 3.24. The molecule has 0 bridgehead atoms. The lowest BCUT2D eigenvalue weighted by atomic mass is 10.0. The third-order valence-electron chi connectivity index (χ3n) is 3.24. The summed E-state index contributed by atoms with van der Waals surface area (Å²) in [6.45, 7) is 4.28. The molecule has 5 heteroatoms. The van der Waals surface area contributed by atoms with Gasteiger partial charge in [0.15, 0.2) is 0 Å². The van der Waals surface area contributed by atoms with E-state index in [0.717, 1.165) is 32.1 Å². The summed E-state index contributed by atoms with van der Waals surface area (Å²) in [7, 11) is 0. The van der Waals surface area contributed by atoms with Gasteiger partial charge in [0.1, 0.15) is 6.07 Å². The zero-order valence-electron chi connectivity index (χ0n) is 12.1. The lowest BCUT2D eigenvalue weighted by molar-refractivity contribution is -0.384. The highest BCUT2D eigenvalue weighted by Gasteiger charge is 2.13. The molecule has 0 saturated heterocycles. The molecule has 0 heterocycles. The molecule has 1 unspecified atom stereocenters. The molecule has 0 aliphatic carbocycles. The zero-order valence-corrected chi connectivity index (χ0v) is 12.1. The van der Waals surface area contributed by atoms with E-state index in [-0.39, 0.29) is 5.69 Å². The van der Waals surface area contributed by atoms with Gasteiger partial charge in [-0.3, -0.25) is 10.1 Å². The maximum absolute atomic E-state index is 10.7. The molecular formula is C15H21N3O2. The lowest BCUT2D eigenvalue weighted by Crippen LogP contribution is -2.19. The van der Waals surface area contributed by atoms with Crippen LogP contribution in [0, 0.1) is 21.4 Å². The Kier molecular flexibility index (Phi) is 6.51. The van der Waals surface area contributed by atoms with Gasteiger partial charge in [0.05, 0.1) is 16.2 Å². The number of nitro benzene ring substituents is 1. The van der Waals surface area contributed by atoms with Crippen molar-refractivity contribution in [2.45, 2.75) is 52.0 Å². The molecule has 5 nitrogen and oxygen atoms in total. The number of unbranched alkanes of at least 4 members (excludes halogenated alkanes) is 1. The zero-order chi connectivity index (χ0) is 15.0. The molecule has 1 aromatic rings. The molecule has 0 aromatic heterocycles. The summed E-state index contributed by atoms with van der Waals surface area (Å²) in [5, 5.41) is 23.2. The molecule has 1 rings (SSSR count). The first kappa shape index (κ1) is 16.0. The van der Waals surface area contributed by atoms with Crippen LogP contribution >= 0.6 is 0 Å². The minimum atomic E-state index is -0.481. The summed E-state index contributed by atoms with van der Waals surface area (Å²) in [4.78, 5) is 10.2. The maximum Gasteiger partial charge on any atom is 0.270 e. The van der Waals surface area contributed by atoms with Crippen molar-refractivity contribution in [1.82, 2.24) is 0 Å². The van der Waals surface area contributed by atoms with Gasteiger partial charge < -0.3 is 5.32 Å². The second kappa shape index (κ2) is 8.16. The van der Waals surface area contributed by atoms with Gasteiger partial charge in [-0.05, 0) is 18.9 Å². The largest absolute Gasteiger partial charge is 0.381 e. The first-order chi connectivity index (χ1) is 9.62. The Labute approximate surface area is 119 Å². The second-order valence-corrected chi connectivity index (χ2v) is 4.87. The molecule has 0 aliphatic heterocycles. The highest BCUT2D eigenvalue weighted by atomic mass is 16.6. The van der Waals surface area contributed by atoms with Crippen LogP contribution < -0.4 is 5.32 Å². The van der Waals surface area contributed by atoms with Crippen LogP contribution in [0.25, 0.3) is 0 Å². The minimum absolute atomic E-state index is 0.0484. The van der Waals surface area contributed by atoms with Gasteiger partial charge >= 0.3 is 0 Å². The Morgan fingerprint density at radius 2 is 2.10 bits per heavy atom. The second-order valence-electron chi connectivity index (χ2n) is 4.87. The summed E-state index contributed by atoms with van der Waals surface area (Å²) in [6.07, 6.45) is 5.41. The van der Waals surface area contributed by atoms with Gasteiger partial charge in [0.25, 0.3) is 5.69 Å². The van der Waals surface area contributed by atoms with E-state index in [1.807, 2.05) is 6.07 Å². The number of non-ortho nitro benzene ring substituents is 1. The average molecular weight is 275 g/mol. The number of nitriles is 1. The Morgan fingerprint density at radius 1 is 1.35 bits per heavy atom. The standard InChI is InChI=1S/C15H21N3O2/c1-3-5-7-13(6-4-2)17-15-9-8-14(18(19)20)10-12(15)11-16/h8-10,13,17H,3-7H2,1-2H3. The van der Waals surface area contributed by atoms with Gasteiger partial charge in [-0.2, -0.15) is 5.26 Å². The number of nitrogens with one attached hydrogen (secondary N) is 1. The SMILES string of the molecule is CCCCC(CCC)Nc1ccc([N+](=O)[O-])cc1C#N. The molecular weight excluding hydrogens is 254 g/mol. The number of anilines is 1. The Bertz CT molecular complexity index is 494. The minimum Gasteiger partial charge on any atom is -0.381 e. The monoisotopic (exact) mass is 275 g/mol. The summed E-state index contributed by atoms with van der Waals surface area (Å²) < 4.78 is 0. The van der Waals surface area contributed by atoms with Gasteiger partial charge in [0.2, 0.25) is 0 Å². The fourth-order valence-electron chi connectivity index (χ4n) is 2.17. The maximum atomic E-state index is 10.7. The van der Waals surface area contributed by atoms with Crippen molar-refractivity contribution in [2.75, 3.05) is 5.32 Å². The van der Waals surface area contributed by atoms with Crippen LogP contribution in [-0.4, -0.2) is 11.0 Å². The summed E-state index contributed by atoms with van der Waals surface area (Å²) >= 11 is 0.